The monoisotopic (exact) mass is 544 g/mol. The molecule has 204 valence electrons. The van der Waals surface area contributed by atoms with Gasteiger partial charge < -0.3 is 9.47 Å². The summed E-state index contributed by atoms with van der Waals surface area (Å²) < 4.78 is 11.2. The highest BCUT2D eigenvalue weighted by atomic mass is 35.5. The summed E-state index contributed by atoms with van der Waals surface area (Å²) in [5, 5.41) is 0.644. The van der Waals surface area contributed by atoms with Crippen LogP contribution in [-0.2, 0) is 4.79 Å². The summed E-state index contributed by atoms with van der Waals surface area (Å²) in [7, 11) is 0. The van der Waals surface area contributed by atoms with Crippen molar-refractivity contribution in [3.63, 3.8) is 0 Å². The SMILES string of the molecule is CCCCCCCCCCOc1ccc(/C=C/C(=O)Oc2ccc(C(=O)/C=C/c3ccc(Cl)cc3)cc2)cc1. The molecule has 0 fully saturated rings. The van der Waals surface area contributed by atoms with E-state index in [9.17, 15) is 9.59 Å². The first kappa shape index (κ1) is 29.9. The number of ketones is 1. The normalized spacial score (nSPS) is 11.2. The zero-order valence-electron chi connectivity index (χ0n) is 22.6. The molecule has 0 aliphatic carbocycles. The number of unbranched alkanes of at least 4 members (excludes halogenated alkanes) is 7. The Balaban J connectivity index is 1.37. The van der Waals surface area contributed by atoms with Crippen LogP contribution in [-0.4, -0.2) is 18.4 Å². The van der Waals surface area contributed by atoms with E-state index in [0.717, 1.165) is 29.9 Å². The fourth-order valence-corrected chi connectivity index (χ4v) is 4.07. The third-order valence-corrected chi connectivity index (χ3v) is 6.47. The second-order valence-corrected chi connectivity index (χ2v) is 9.86. The Morgan fingerprint density at radius 3 is 1.85 bits per heavy atom. The Bertz CT molecular complexity index is 1210. The molecule has 0 radical (unpaired) electrons. The van der Waals surface area contributed by atoms with Crippen molar-refractivity contribution < 1.29 is 19.1 Å². The maximum Gasteiger partial charge on any atom is 0.336 e. The molecule has 39 heavy (non-hydrogen) atoms. The molecule has 5 heteroatoms. The topological polar surface area (TPSA) is 52.6 Å². The molecular weight excluding hydrogens is 508 g/mol. The van der Waals surface area contributed by atoms with Gasteiger partial charge in [0.15, 0.2) is 5.78 Å². The number of benzene rings is 3. The number of allylic oxidation sites excluding steroid dienone is 1. The molecule has 3 aromatic carbocycles. The van der Waals surface area contributed by atoms with E-state index in [4.69, 9.17) is 21.1 Å². The van der Waals surface area contributed by atoms with Crippen LogP contribution >= 0.6 is 11.6 Å². The number of esters is 1. The number of halogens is 1. The standard InChI is InChI=1S/C34H37ClO4/c1-2-3-4-5-6-7-8-9-26-38-31-20-12-28(13-21-31)15-25-34(37)39-32-22-16-29(17-23-32)33(36)24-14-27-10-18-30(35)19-11-27/h10-25H,2-9,26H2,1H3/b24-14+,25-15+. The summed E-state index contributed by atoms with van der Waals surface area (Å²) in [4.78, 5) is 24.6. The Morgan fingerprint density at radius 1 is 0.667 bits per heavy atom. The lowest BCUT2D eigenvalue weighted by Gasteiger charge is -2.06. The van der Waals surface area contributed by atoms with E-state index in [1.807, 2.05) is 36.4 Å². The van der Waals surface area contributed by atoms with E-state index in [1.54, 1.807) is 48.6 Å². The molecule has 3 rings (SSSR count). The average molecular weight is 545 g/mol. The minimum Gasteiger partial charge on any atom is -0.494 e. The Hall–Kier alpha value is -3.63. The van der Waals surface area contributed by atoms with Gasteiger partial charge in [0.25, 0.3) is 0 Å². The highest BCUT2D eigenvalue weighted by Gasteiger charge is 2.05. The van der Waals surface area contributed by atoms with Crippen molar-refractivity contribution in [2.45, 2.75) is 58.3 Å². The van der Waals surface area contributed by atoms with Crippen molar-refractivity contribution in [1.82, 2.24) is 0 Å². The maximum absolute atomic E-state index is 12.4. The highest BCUT2D eigenvalue weighted by Crippen LogP contribution is 2.17. The van der Waals surface area contributed by atoms with Crippen LogP contribution in [0.3, 0.4) is 0 Å². The lowest BCUT2D eigenvalue weighted by molar-refractivity contribution is -0.128. The third-order valence-electron chi connectivity index (χ3n) is 6.21. The molecule has 0 atom stereocenters. The summed E-state index contributed by atoms with van der Waals surface area (Å²) in [5.41, 5.74) is 2.26. The van der Waals surface area contributed by atoms with Gasteiger partial charge >= 0.3 is 5.97 Å². The van der Waals surface area contributed by atoms with E-state index in [2.05, 4.69) is 6.92 Å². The molecule has 0 amide bonds. The van der Waals surface area contributed by atoms with Gasteiger partial charge in [0, 0.05) is 16.7 Å². The van der Waals surface area contributed by atoms with Gasteiger partial charge in [-0.1, -0.05) is 93.8 Å². The minimum absolute atomic E-state index is 0.145. The van der Waals surface area contributed by atoms with Crippen LogP contribution in [0.4, 0.5) is 0 Å². The molecule has 0 aliphatic rings. The summed E-state index contributed by atoms with van der Waals surface area (Å²) >= 11 is 5.88. The van der Waals surface area contributed by atoms with Crippen LogP contribution in [0.15, 0.2) is 84.9 Å². The van der Waals surface area contributed by atoms with E-state index >= 15 is 0 Å². The van der Waals surface area contributed by atoms with Crippen LogP contribution in [0.25, 0.3) is 12.2 Å². The largest absolute Gasteiger partial charge is 0.494 e. The van der Waals surface area contributed by atoms with Crippen molar-refractivity contribution in [3.8, 4) is 11.5 Å². The fraction of sp³-hybridized carbons (Fsp3) is 0.294. The van der Waals surface area contributed by atoms with E-state index in [1.165, 1.54) is 57.1 Å². The molecule has 4 nitrogen and oxygen atoms in total. The molecule has 0 N–H and O–H groups in total. The van der Waals surface area contributed by atoms with Crippen molar-refractivity contribution in [2.75, 3.05) is 6.61 Å². The van der Waals surface area contributed by atoms with Crippen LogP contribution in [0, 0.1) is 0 Å². The lowest BCUT2D eigenvalue weighted by Crippen LogP contribution is -2.04. The van der Waals surface area contributed by atoms with Gasteiger partial charge in [0.2, 0.25) is 0 Å². The summed E-state index contributed by atoms with van der Waals surface area (Å²) in [6, 6.07) is 21.3. The third kappa shape index (κ3) is 11.7. The molecular formula is C34H37ClO4. The predicted octanol–water partition coefficient (Wildman–Crippen LogP) is 9.37. The Morgan fingerprint density at radius 2 is 1.21 bits per heavy atom. The van der Waals surface area contributed by atoms with Gasteiger partial charge in [-0.15, -0.1) is 0 Å². The van der Waals surface area contributed by atoms with Gasteiger partial charge in [0.1, 0.15) is 11.5 Å². The zero-order valence-corrected chi connectivity index (χ0v) is 23.4. The zero-order chi connectivity index (χ0) is 27.7. The summed E-state index contributed by atoms with van der Waals surface area (Å²) in [6.45, 7) is 2.96. The maximum atomic E-state index is 12.4. The number of rotatable bonds is 16. The number of hydrogen-bond acceptors (Lipinski definition) is 4. The van der Waals surface area contributed by atoms with Gasteiger partial charge in [-0.2, -0.15) is 0 Å². The van der Waals surface area contributed by atoms with Crippen LogP contribution < -0.4 is 9.47 Å². The Labute approximate surface area is 237 Å². The van der Waals surface area contributed by atoms with Crippen molar-refractivity contribution in [1.29, 1.82) is 0 Å². The van der Waals surface area contributed by atoms with Gasteiger partial charge in [-0.3, -0.25) is 4.79 Å². The molecule has 0 spiro atoms. The summed E-state index contributed by atoms with van der Waals surface area (Å²) in [6.07, 6.45) is 16.5. The molecule has 0 unspecified atom stereocenters. The molecule has 0 saturated carbocycles. The van der Waals surface area contributed by atoms with Gasteiger partial charge in [0.05, 0.1) is 6.61 Å². The van der Waals surface area contributed by atoms with E-state index in [-0.39, 0.29) is 5.78 Å². The van der Waals surface area contributed by atoms with Crippen LogP contribution in [0.1, 0.15) is 79.8 Å². The summed E-state index contributed by atoms with van der Waals surface area (Å²) in [5.74, 6) is 0.558. The molecule has 0 aliphatic heterocycles. The molecule has 0 aromatic heterocycles. The number of hydrogen-bond donors (Lipinski definition) is 0. The first-order valence-electron chi connectivity index (χ1n) is 13.7. The van der Waals surface area contributed by atoms with Crippen LogP contribution in [0.5, 0.6) is 11.5 Å². The fourth-order valence-electron chi connectivity index (χ4n) is 3.94. The van der Waals surface area contributed by atoms with Gasteiger partial charge in [-0.25, -0.2) is 4.79 Å². The lowest BCUT2D eigenvalue weighted by atomic mass is 10.1. The predicted molar refractivity (Wildman–Crippen MR) is 160 cm³/mol. The van der Waals surface area contributed by atoms with E-state index < -0.39 is 5.97 Å². The first-order chi connectivity index (χ1) is 19.0. The first-order valence-corrected chi connectivity index (χ1v) is 14.1. The van der Waals surface area contributed by atoms with Crippen molar-refractivity contribution in [3.05, 3.63) is 107 Å². The van der Waals surface area contributed by atoms with E-state index in [0.29, 0.717) is 16.3 Å². The van der Waals surface area contributed by atoms with Gasteiger partial charge in [-0.05, 0) is 78.2 Å². The smallest absolute Gasteiger partial charge is 0.336 e. The van der Waals surface area contributed by atoms with Crippen molar-refractivity contribution in [2.24, 2.45) is 0 Å². The molecule has 3 aromatic rings. The molecule has 0 heterocycles. The highest BCUT2D eigenvalue weighted by molar-refractivity contribution is 6.30. The van der Waals surface area contributed by atoms with Crippen LogP contribution in [0.2, 0.25) is 5.02 Å². The van der Waals surface area contributed by atoms with Crippen molar-refractivity contribution >= 4 is 35.5 Å². The number of carbonyl (C=O) groups excluding carboxylic acids is 2. The molecule has 0 bridgehead atoms. The number of ether oxygens (including phenoxy) is 2. The Kier molecular flexibility index (Phi) is 13.1. The second kappa shape index (κ2) is 17.1. The average Bonchev–Trinajstić information content (AvgIpc) is 2.96. The minimum atomic E-state index is -0.494. The second-order valence-electron chi connectivity index (χ2n) is 9.42. The molecule has 0 saturated heterocycles. The quantitative estimate of drug-likeness (QED) is 0.0592. The number of carbonyl (C=O) groups is 2.